The Kier molecular flexibility index (Phi) is 4.30. The van der Waals surface area contributed by atoms with Crippen molar-refractivity contribution < 1.29 is 4.74 Å². The molecule has 0 amide bonds. The Morgan fingerprint density at radius 3 is 2.73 bits per heavy atom. The predicted molar refractivity (Wildman–Crippen MR) is 59.9 cm³/mol. The molecule has 0 saturated heterocycles. The fourth-order valence-electron chi connectivity index (χ4n) is 0.997. The second-order valence-corrected chi connectivity index (χ2v) is 3.77. The summed E-state index contributed by atoms with van der Waals surface area (Å²) in [6.07, 6.45) is 3.34. The molecule has 1 rings (SSSR count). The molecular formula is C10H18N4O. The van der Waals surface area contributed by atoms with E-state index in [9.17, 15) is 0 Å². The second-order valence-electron chi connectivity index (χ2n) is 3.77. The molecule has 0 bridgehead atoms. The second kappa shape index (κ2) is 5.50. The fraction of sp³-hybridized carbons (Fsp3) is 0.600. The molecule has 5 nitrogen and oxygen atoms in total. The van der Waals surface area contributed by atoms with E-state index in [1.165, 1.54) is 0 Å². The Morgan fingerprint density at radius 2 is 2.13 bits per heavy atom. The van der Waals surface area contributed by atoms with Crippen molar-refractivity contribution in [1.82, 2.24) is 9.97 Å². The van der Waals surface area contributed by atoms with Crippen molar-refractivity contribution in [2.24, 2.45) is 5.73 Å². The van der Waals surface area contributed by atoms with Crippen LogP contribution in [0.25, 0.3) is 0 Å². The molecule has 15 heavy (non-hydrogen) atoms. The average molecular weight is 210 g/mol. The van der Waals surface area contributed by atoms with Gasteiger partial charge in [-0.25, -0.2) is 0 Å². The van der Waals surface area contributed by atoms with E-state index >= 15 is 0 Å². The van der Waals surface area contributed by atoms with Gasteiger partial charge in [0.1, 0.15) is 5.82 Å². The van der Waals surface area contributed by atoms with E-state index < -0.39 is 0 Å². The van der Waals surface area contributed by atoms with Crippen LogP contribution in [0.1, 0.15) is 20.8 Å². The molecule has 0 aliphatic carbocycles. The van der Waals surface area contributed by atoms with Crippen LogP contribution in [0.4, 0.5) is 5.82 Å². The van der Waals surface area contributed by atoms with Crippen molar-refractivity contribution in [3.63, 3.8) is 0 Å². The first-order valence-electron chi connectivity index (χ1n) is 5.06. The minimum Gasteiger partial charge on any atom is -0.474 e. The summed E-state index contributed by atoms with van der Waals surface area (Å²) < 4.78 is 5.42. The van der Waals surface area contributed by atoms with Crippen LogP contribution in [-0.4, -0.2) is 28.7 Å². The van der Waals surface area contributed by atoms with Gasteiger partial charge in [-0.2, -0.15) is 4.98 Å². The van der Waals surface area contributed by atoms with Gasteiger partial charge in [0.2, 0.25) is 5.88 Å². The minimum absolute atomic E-state index is 0.0847. The first-order valence-corrected chi connectivity index (χ1v) is 5.06. The van der Waals surface area contributed by atoms with Gasteiger partial charge in [-0.15, -0.1) is 0 Å². The standard InChI is InChI=1S/C10H18N4O/c1-7(2)15-10-6-12-5-9(14-10)13-4-8(3)11/h5-8H,4,11H2,1-3H3,(H,13,14). The van der Waals surface area contributed by atoms with Gasteiger partial charge in [0.25, 0.3) is 0 Å². The summed E-state index contributed by atoms with van der Waals surface area (Å²) >= 11 is 0. The van der Waals surface area contributed by atoms with Crippen LogP contribution in [-0.2, 0) is 0 Å². The minimum atomic E-state index is 0.0847. The van der Waals surface area contributed by atoms with Crippen molar-refractivity contribution in [3.05, 3.63) is 12.4 Å². The average Bonchev–Trinajstić information content (AvgIpc) is 2.14. The number of anilines is 1. The molecule has 0 saturated carbocycles. The Labute approximate surface area is 90.1 Å². The highest BCUT2D eigenvalue weighted by atomic mass is 16.5. The van der Waals surface area contributed by atoms with Gasteiger partial charge in [-0.05, 0) is 20.8 Å². The maximum atomic E-state index is 5.62. The lowest BCUT2D eigenvalue weighted by Crippen LogP contribution is -2.25. The van der Waals surface area contributed by atoms with E-state index in [0.29, 0.717) is 18.2 Å². The first-order chi connectivity index (χ1) is 7.08. The third kappa shape index (κ3) is 4.60. The van der Waals surface area contributed by atoms with Gasteiger partial charge in [0.05, 0.1) is 18.5 Å². The number of hydrogen-bond donors (Lipinski definition) is 2. The van der Waals surface area contributed by atoms with Gasteiger partial charge in [-0.3, -0.25) is 4.98 Å². The third-order valence-electron chi connectivity index (χ3n) is 1.57. The molecule has 1 aromatic rings. The molecular weight excluding hydrogens is 192 g/mol. The largest absolute Gasteiger partial charge is 0.474 e. The summed E-state index contributed by atoms with van der Waals surface area (Å²) in [7, 11) is 0. The number of hydrogen-bond acceptors (Lipinski definition) is 5. The fourth-order valence-corrected chi connectivity index (χ4v) is 0.997. The quantitative estimate of drug-likeness (QED) is 0.759. The molecule has 84 valence electrons. The Balaban J connectivity index is 2.57. The van der Waals surface area contributed by atoms with Crippen molar-refractivity contribution in [1.29, 1.82) is 0 Å². The zero-order valence-electron chi connectivity index (χ0n) is 9.40. The molecule has 1 aromatic heterocycles. The lowest BCUT2D eigenvalue weighted by atomic mass is 10.4. The molecule has 3 N–H and O–H groups in total. The van der Waals surface area contributed by atoms with Gasteiger partial charge in [-0.1, -0.05) is 0 Å². The summed E-state index contributed by atoms with van der Waals surface area (Å²) in [4.78, 5) is 8.26. The highest BCUT2D eigenvalue weighted by molar-refractivity contribution is 5.33. The molecule has 1 heterocycles. The highest BCUT2D eigenvalue weighted by Gasteiger charge is 2.02. The SMILES string of the molecule is CC(N)CNc1cncc(OC(C)C)n1. The van der Waals surface area contributed by atoms with Crippen LogP contribution in [0.2, 0.25) is 0 Å². The Bertz CT molecular complexity index is 301. The third-order valence-corrected chi connectivity index (χ3v) is 1.57. The first kappa shape index (κ1) is 11.7. The number of ether oxygens (including phenoxy) is 1. The van der Waals surface area contributed by atoms with E-state index in [0.717, 1.165) is 0 Å². The molecule has 0 spiro atoms. The lowest BCUT2D eigenvalue weighted by Gasteiger charge is -2.11. The number of aromatic nitrogens is 2. The zero-order valence-corrected chi connectivity index (χ0v) is 9.40. The van der Waals surface area contributed by atoms with Gasteiger partial charge < -0.3 is 15.8 Å². The molecule has 0 aromatic carbocycles. The highest BCUT2D eigenvalue weighted by Crippen LogP contribution is 2.10. The molecule has 0 fully saturated rings. The van der Waals surface area contributed by atoms with Crippen LogP contribution in [0.15, 0.2) is 12.4 Å². The molecule has 1 unspecified atom stereocenters. The number of nitrogens with zero attached hydrogens (tertiary/aromatic N) is 2. The maximum absolute atomic E-state index is 5.62. The Morgan fingerprint density at radius 1 is 1.40 bits per heavy atom. The van der Waals surface area contributed by atoms with Crippen LogP contribution >= 0.6 is 0 Å². The summed E-state index contributed by atoms with van der Waals surface area (Å²) in [5.74, 6) is 1.21. The molecule has 5 heteroatoms. The van der Waals surface area contributed by atoms with Gasteiger partial charge in [0.15, 0.2) is 0 Å². The monoisotopic (exact) mass is 210 g/mol. The maximum Gasteiger partial charge on any atom is 0.234 e. The van der Waals surface area contributed by atoms with Gasteiger partial charge in [0, 0.05) is 12.6 Å². The summed E-state index contributed by atoms with van der Waals surface area (Å²) in [6.45, 7) is 6.49. The van der Waals surface area contributed by atoms with Crippen molar-refractivity contribution >= 4 is 5.82 Å². The van der Waals surface area contributed by atoms with E-state index in [1.807, 2.05) is 20.8 Å². The smallest absolute Gasteiger partial charge is 0.234 e. The van der Waals surface area contributed by atoms with Crippen molar-refractivity contribution in [2.75, 3.05) is 11.9 Å². The van der Waals surface area contributed by atoms with E-state index in [4.69, 9.17) is 10.5 Å². The topological polar surface area (TPSA) is 73.1 Å². The molecule has 0 aliphatic heterocycles. The number of nitrogens with one attached hydrogen (secondary N) is 1. The van der Waals surface area contributed by atoms with E-state index in [-0.39, 0.29) is 12.1 Å². The van der Waals surface area contributed by atoms with Crippen LogP contribution in [0, 0.1) is 0 Å². The number of nitrogens with two attached hydrogens (primary N) is 1. The van der Waals surface area contributed by atoms with E-state index in [2.05, 4.69) is 15.3 Å². The zero-order chi connectivity index (χ0) is 11.3. The molecule has 0 radical (unpaired) electrons. The molecule has 1 atom stereocenters. The lowest BCUT2D eigenvalue weighted by molar-refractivity contribution is 0.232. The Hall–Kier alpha value is -1.36. The number of rotatable bonds is 5. The predicted octanol–water partition coefficient (Wildman–Crippen LogP) is 1.02. The summed E-state index contributed by atoms with van der Waals surface area (Å²) in [6, 6.07) is 0.0847. The van der Waals surface area contributed by atoms with Crippen molar-refractivity contribution in [2.45, 2.75) is 32.9 Å². The van der Waals surface area contributed by atoms with Crippen LogP contribution in [0.5, 0.6) is 5.88 Å². The van der Waals surface area contributed by atoms with Gasteiger partial charge >= 0.3 is 0 Å². The molecule has 0 aliphatic rings. The van der Waals surface area contributed by atoms with E-state index in [1.54, 1.807) is 12.4 Å². The van der Waals surface area contributed by atoms with Crippen molar-refractivity contribution in [3.8, 4) is 5.88 Å². The summed E-state index contributed by atoms with van der Waals surface area (Å²) in [5, 5.41) is 3.08. The van der Waals surface area contributed by atoms with Crippen LogP contribution < -0.4 is 15.8 Å². The normalized spacial score (nSPS) is 12.6. The van der Waals surface area contributed by atoms with Crippen LogP contribution in [0.3, 0.4) is 0 Å². The summed E-state index contributed by atoms with van der Waals surface area (Å²) in [5.41, 5.74) is 5.62.